The Balaban J connectivity index is 1.58. The van der Waals surface area contributed by atoms with Crippen LogP contribution in [0.3, 0.4) is 0 Å². The quantitative estimate of drug-likeness (QED) is 0.818. The first kappa shape index (κ1) is 18.2. The molecule has 7 nitrogen and oxygen atoms in total. The average Bonchev–Trinajstić information content (AvgIpc) is 2.64. The van der Waals surface area contributed by atoms with Crippen molar-refractivity contribution in [3.63, 3.8) is 0 Å². The first-order valence-corrected chi connectivity index (χ1v) is 8.57. The van der Waals surface area contributed by atoms with Gasteiger partial charge in [0.2, 0.25) is 0 Å². The lowest BCUT2D eigenvalue weighted by atomic mass is 10.3. The summed E-state index contributed by atoms with van der Waals surface area (Å²) in [6.45, 7) is 6.28. The molecule has 0 unspecified atom stereocenters. The number of benzene rings is 1. The van der Waals surface area contributed by atoms with Crippen LogP contribution in [0.5, 0.6) is 0 Å². The molecule has 2 heterocycles. The van der Waals surface area contributed by atoms with Gasteiger partial charge in [0.1, 0.15) is 23.2 Å². The third kappa shape index (κ3) is 5.21. The van der Waals surface area contributed by atoms with Crippen molar-refractivity contribution >= 4 is 17.4 Å². The zero-order valence-corrected chi connectivity index (χ0v) is 14.7. The van der Waals surface area contributed by atoms with E-state index < -0.39 is 0 Å². The minimum atomic E-state index is -0.310. The molecular formula is C18H22FN5O2. The van der Waals surface area contributed by atoms with Gasteiger partial charge >= 0.3 is 0 Å². The van der Waals surface area contributed by atoms with Gasteiger partial charge in [-0.25, -0.2) is 14.4 Å². The molecule has 1 aromatic heterocycles. The van der Waals surface area contributed by atoms with Crippen LogP contribution in [-0.2, 0) is 4.74 Å². The predicted molar refractivity (Wildman–Crippen MR) is 96.0 cm³/mol. The standard InChI is InChI=1S/C18H22FN5O2/c1-13-21-16(18(25)20-6-7-24-8-10-26-11-9-24)12-17(22-13)23-15-4-2-14(19)3-5-15/h2-5,12H,6-11H2,1H3,(H,20,25)(H,21,22,23). The van der Waals surface area contributed by atoms with E-state index in [-0.39, 0.29) is 11.7 Å². The summed E-state index contributed by atoms with van der Waals surface area (Å²) in [7, 11) is 0. The van der Waals surface area contributed by atoms with Crippen LogP contribution in [0.2, 0.25) is 0 Å². The van der Waals surface area contributed by atoms with E-state index in [1.165, 1.54) is 12.1 Å². The summed E-state index contributed by atoms with van der Waals surface area (Å²) in [5, 5.41) is 5.94. The van der Waals surface area contributed by atoms with Crippen molar-refractivity contribution in [3.05, 3.63) is 47.7 Å². The number of carbonyl (C=O) groups excluding carboxylic acids is 1. The van der Waals surface area contributed by atoms with Crippen LogP contribution in [0.1, 0.15) is 16.3 Å². The van der Waals surface area contributed by atoms with Crippen molar-refractivity contribution in [2.24, 2.45) is 0 Å². The van der Waals surface area contributed by atoms with E-state index in [4.69, 9.17) is 4.74 Å². The largest absolute Gasteiger partial charge is 0.379 e. The molecule has 0 atom stereocenters. The number of halogens is 1. The van der Waals surface area contributed by atoms with E-state index in [9.17, 15) is 9.18 Å². The minimum absolute atomic E-state index is 0.245. The number of nitrogens with one attached hydrogen (secondary N) is 2. The zero-order valence-electron chi connectivity index (χ0n) is 14.7. The Bertz CT molecular complexity index is 748. The van der Waals surface area contributed by atoms with E-state index in [0.29, 0.717) is 29.6 Å². The molecule has 2 aromatic rings. The van der Waals surface area contributed by atoms with Crippen LogP contribution in [0.4, 0.5) is 15.9 Å². The Morgan fingerprint density at radius 3 is 2.69 bits per heavy atom. The molecule has 2 N–H and O–H groups in total. The van der Waals surface area contributed by atoms with Crippen molar-refractivity contribution < 1.29 is 13.9 Å². The molecule has 0 radical (unpaired) electrons. The minimum Gasteiger partial charge on any atom is -0.379 e. The van der Waals surface area contributed by atoms with Crippen molar-refractivity contribution in [1.29, 1.82) is 0 Å². The van der Waals surface area contributed by atoms with Crippen LogP contribution < -0.4 is 10.6 Å². The van der Waals surface area contributed by atoms with Crippen LogP contribution in [0.15, 0.2) is 30.3 Å². The second-order valence-electron chi connectivity index (χ2n) is 6.03. The summed E-state index contributed by atoms with van der Waals surface area (Å²) < 4.78 is 18.3. The van der Waals surface area contributed by atoms with Gasteiger partial charge in [0.15, 0.2) is 0 Å². The monoisotopic (exact) mass is 359 g/mol. The number of amides is 1. The molecule has 138 valence electrons. The highest BCUT2D eigenvalue weighted by Crippen LogP contribution is 2.16. The molecule has 0 spiro atoms. The third-order valence-corrected chi connectivity index (χ3v) is 4.00. The lowest BCUT2D eigenvalue weighted by Crippen LogP contribution is -2.41. The lowest BCUT2D eigenvalue weighted by Gasteiger charge is -2.26. The lowest BCUT2D eigenvalue weighted by molar-refractivity contribution is 0.0383. The van der Waals surface area contributed by atoms with Crippen LogP contribution >= 0.6 is 0 Å². The molecule has 1 amide bonds. The molecule has 26 heavy (non-hydrogen) atoms. The summed E-state index contributed by atoms with van der Waals surface area (Å²) >= 11 is 0. The highest BCUT2D eigenvalue weighted by atomic mass is 19.1. The van der Waals surface area contributed by atoms with E-state index in [2.05, 4.69) is 25.5 Å². The number of aromatic nitrogens is 2. The van der Waals surface area contributed by atoms with E-state index in [1.54, 1.807) is 25.1 Å². The van der Waals surface area contributed by atoms with Gasteiger partial charge in [-0.1, -0.05) is 0 Å². The Morgan fingerprint density at radius 2 is 1.96 bits per heavy atom. The van der Waals surface area contributed by atoms with Gasteiger partial charge in [-0.05, 0) is 31.2 Å². The molecule has 1 aliphatic heterocycles. The topological polar surface area (TPSA) is 79.4 Å². The van der Waals surface area contributed by atoms with Gasteiger partial charge in [0.25, 0.3) is 5.91 Å². The van der Waals surface area contributed by atoms with Crippen LogP contribution in [-0.4, -0.2) is 60.2 Å². The highest BCUT2D eigenvalue weighted by Gasteiger charge is 2.13. The van der Waals surface area contributed by atoms with E-state index >= 15 is 0 Å². The summed E-state index contributed by atoms with van der Waals surface area (Å²) in [5.74, 6) is 0.415. The molecule has 1 aromatic carbocycles. The van der Waals surface area contributed by atoms with Crippen molar-refractivity contribution in [3.8, 4) is 0 Å². The number of carbonyl (C=O) groups is 1. The number of aryl methyl sites for hydroxylation is 1. The zero-order chi connectivity index (χ0) is 18.4. The number of hydrogen-bond acceptors (Lipinski definition) is 6. The summed E-state index contributed by atoms with van der Waals surface area (Å²) in [5.41, 5.74) is 0.979. The molecule has 1 aliphatic rings. The fourth-order valence-electron chi connectivity index (χ4n) is 2.67. The van der Waals surface area contributed by atoms with Gasteiger partial charge in [-0.15, -0.1) is 0 Å². The van der Waals surface area contributed by atoms with Crippen molar-refractivity contribution in [2.45, 2.75) is 6.92 Å². The number of nitrogens with zero attached hydrogens (tertiary/aromatic N) is 3. The molecule has 8 heteroatoms. The fraction of sp³-hybridized carbons (Fsp3) is 0.389. The number of morpholine rings is 1. The van der Waals surface area contributed by atoms with Crippen molar-refractivity contribution in [2.75, 3.05) is 44.7 Å². The molecule has 0 saturated carbocycles. The molecule has 1 fully saturated rings. The SMILES string of the molecule is Cc1nc(Nc2ccc(F)cc2)cc(C(=O)NCCN2CCOCC2)n1. The van der Waals surface area contributed by atoms with Gasteiger partial charge in [0.05, 0.1) is 13.2 Å². The first-order chi connectivity index (χ1) is 12.6. The summed E-state index contributed by atoms with van der Waals surface area (Å²) in [6.07, 6.45) is 0. The van der Waals surface area contributed by atoms with E-state index in [1.807, 2.05) is 0 Å². The summed E-state index contributed by atoms with van der Waals surface area (Å²) in [4.78, 5) is 23.1. The Hall–Kier alpha value is -2.58. The fourth-order valence-corrected chi connectivity index (χ4v) is 2.67. The predicted octanol–water partition coefficient (Wildman–Crippen LogP) is 1.73. The number of anilines is 2. The first-order valence-electron chi connectivity index (χ1n) is 8.57. The van der Waals surface area contributed by atoms with Gasteiger partial charge in [-0.3, -0.25) is 9.69 Å². The second kappa shape index (κ2) is 8.68. The number of hydrogen-bond donors (Lipinski definition) is 2. The highest BCUT2D eigenvalue weighted by molar-refractivity contribution is 5.93. The molecule has 1 saturated heterocycles. The number of rotatable bonds is 6. The molecular weight excluding hydrogens is 337 g/mol. The average molecular weight is 359 g/mol. The maximum Gasteiger partial charge on any atom is 0.270 e. The Labute approximate surface area is 151 Å². The summed E-state index contributed by atoms with van der Waals surface area (Å²) in [6, 6.07) is 7.51. The van der Waals surface area contributed by atoms with Gasteiger partial charge in [-0.2, -0.15) is 0 Å². The van der Waals surface area contributed by atoms with Crippen LogP contribution in [0.25, 0.3) is 0 Å². The Kier molecular flexibility index (Phi) is 6.08. The second-order valence-corrected chi connectivity index (χ2v) is 6.03. The molecule has 0 bridgehead atoms. The van der Waals surface area contributed by atoms with Gasteiger partial charge < -0.3 is 15.4 Å². The Morgan fingerprint density at radius 1 is 1.23 bits per heavy atom. The number of ether oxygens (including phenoxy) is 1. The molecule has 0 aliphatic carbocycles. The maximum absolute atomic E-state index is 13.0. The molecule has 3 rings (SSSR count). The van der Waals surface area contributed by atoms with E-state index in [0.717, 1.165) is 32.8 Å². The smallest absolute Gasteiger partial charge is 0.270 e. The normalized spacial score (nSPS) is 14.8. The van der Waals surface area contributed by atoms with Crippen LogP contribution in [0, 0.1) is 12.7 Å². The maximum atomic E-state index is 13.0. The third-order valence-electron chi connectivity index (χ3n) is 4.00. The van der Waals surface area contributed by atoms with Crippen molar-refractivity contribution in [1.82, 2.24) is 20.2 Å². The van der Waals surface area contributed by atoms with Gasteiger partial charge in [0, 0.05) is 37.9 Å².